The van der Waals surface area contributed by atoms with Crippen LogP contribution in [0.4, 0.5) is 0 Å². The lowest BCUT2D eigenvalue weighted by molar-refractivity contribution is 0.601. The topological polar surface area (TPSA) is 55.6 Å². The molecule has 0 radical (unpaired) electrons. The maximum atomic E-state index is 4.47. The van der Waals surface area contributed by atoms with Gasteiger partial charge in [-0.1, -0.05) is 25.1 Å². The highest BCUT2D eigenvalue weighted by atomic mass is 32.1. The van der Waals surface area contributed by atoms with E-state index < -0.39 is 0 Å². The molecule has 3 rings (SSSR count). The first-order valence-electron chi connectivity index (χ1n) is 6.89. The van der Waals surface area contributed by atoms with E-state index in [-0.39, 0.29) is 0 Å². The number of aromatic nitrogens is 4. The summed E-state index contributed by atoms with van der Waals surface area (Å²) in [6.45, 7) is 3.76. The number of thiazole rings is 1. The lowest BCUT2D eigenvalue weighted by Crippen LogP contribution is -2.20. The Morgan fingerprint density at radius 2 is 2.14 bits per heavy atom. The fraction of sp³-hybridized carbons (Fsp3) is 0.267. The predicted octanol–water partition coefficient (Wildman–Crippen LogP) is 2.62. The number of nitrogens with zero attached hydrogens (tertiary/aromatic N) is 4. The maximum absolute atomic E-state index is 4.47. The average molecular weight is 299 g/mol. The number of nitrogens with one attached hydrogen (secondary N) is 1. The summed E-state index contributed by atoms with van der Waals surface area (Å²) < 4.78 is 0. The normalized spacial score (nSPS) is 12.4. The van der Waals surface area contributed by atoms with Gasteiger partial charge in [0.15, 0.2) is 0 Å². The minimum atomic E-state index is 0.411. The molecule has 2 aromatic heterocycles. The van der Waals surface area contributed by atoms with Crippen molar-refractivity contribution in [1.82, 2.24) is 25.3 Å². The molecule has 3 aromatic rings. The van der Waals surface area contributed by atoms with Crippen LogP contribution in [0.2, 0.25) is 0 Å². The monoisotopic (exact) mass is 299 g/mol. The molecule has 2 heterocycles. The summed E-state index contributed by atoms with van der Waals surface area (Å²) in [5.74, 6) is 0.411. The summed E-state index contributed by atoms with van der Waals surface area (Å²) in [5.41, 5.74) is 1.91. The molecule has 21 heavy (non-hydrogen) atoms. The van der Waals surface area contributed by atoms with Crippen LogP contribution in [0.5, 0.6) is 0 Å². The fourth-order valence-electron chi connectivity index (χ4n) is 2.04. The number of hydrogen-bond donors (Lipinski definition) is 1. The first-order chi connectivity index (χ1) is 10.3. The van der Waals surface area contributed by atoms with Crippen molar-refractivity contribution in [2.75, 3.05) is 6.54 Å². The van der Waals surface area contributed by atoms with Crippen LogP contribution in [-0.4, -0.2) is 26.5 Å². The van der Waals surface area contributed by atoms with E-state index in [1.54, 1.807) is 22.3 Å². The van der Waals surface area contributed by atoms with Gasteiger partial charge in [-0.2, -0.15) is 15.0 Å². The average Bonchev–Trinajstić information content (AvgIpc) is 3.20. The molecule has 0 fully saturated rings. The van der Waals surface area contributed by atoms with E-state index in [1.807, 2.05) is 41.9 Å². The van der Waals surface area contributed by atoms with E-state index in [4.69, 9.17) is 0 Å². The van der Waals surface area contributed by atoms with E-state index >= 15 is 0 Å². The Balaban J connectivity index is 1.54. The summed E-state index contributed by atoms with van der Waals surface area (Å²) in [6.07, 6.45) is 3.65. The molecule has 0 bridgehead atoms. The molecule has 0 aliphatic rings. The molecule has 108 valence electrons. The maximum Gasteiger partial charge on any atom is 0.0969 e. The molecule has 0 spiro atoms. The Morgan fingerprint density at radius 1 is 1.29 bits per heavy atom. The summed E-state index contributed by atoms with van der Waals surface area (Å²) in [7, 11) is 0. The summed E-state index contributed by atoms with van der Waals surface area (Å²) in [5, 5.41) is 15.3. The molecule has 6 heteroatoms. The highest BCUT2D eigenvalue weighted by molar-refractivity contribution is 7.09. The molecule has 1 aromatic carbocycles. The van der Waals surface area contributed by atoms with Crippen LogP contribution >= 0.6 is 11.3 Å². The quantitative estimate of drug-likeness (QED) is 0.760. The van der Waals surface area contributed by atoms with Gasteiger partial charge >= 0.3 is 0 Å². The van der Waals surface area contributed by atoms with E-state index in [9.17, 15) is 0 Å². The van der Waals surface area contributed by atoms with Gasteiger partial charge in [0.2, 0.25) is 0 Å². The highest BCUT2D eigenvalue weighted by Crippen LogP contribution is 2.16. The van der Waals surface area contributed by atoms with Crippen LogP contribution in [0.15, 0.2) is 48.1 Å². The van der Waals surface area contributed by atoms with Crippen molar-refractivity contribution in [3.8, 4) is 5.69 Å². The molecule has 0 aliphatic carbocycles. The predicted molar refractivity (Wildman–Crippen MR) is 83.6 cm³/mol. The molecule has 1 atom stereocenters. The van der Waals surface area contributed by atoms with E-state index in [0.717, 1.165) is 22.9 Å². The third-order valence-electron chi connectivity index (χ3n) is 3.16. The lowest BCUT2D eigenvalue weighted by atomic mass is 10.2. The van der Waals surface area contributed by atoms with Crippen molar-refractivity contribution in [2.45, 2.75) is 19.4 Å². The van der Waals surface area contributed by atoms with Crippen molar-refractivity contribution < 1.29 is 0 Å². The second-order valence-electron chi connectivity index (χ2n) is 4.86. The van der Waals surface area contributed by atoms with Gasteiger partial charge in [0.05, 0.1) is 22.6 Å². The van der Waals surface area contributed by atoms with Crippen LogP contribution in [0.1, 0.15) is 23.5 Å². The molecule has 0 saturated carbocycles. The zero-order valence-corrected chi connectivity index (χ0v) is 12.6. The largest absolute Gasteiger partial charge is 0.310 e. The van der Waals surface area contributed by atoms with Gasteiger partial charge in [-0.3, -0.25) is 0 Å². The van der Waals surface area contributed by atoms with Crippen LogP contribution < -0.4 is 5.32 Å². The number of hydrogen-bond acceptors (Lipinski definition) is 5. The molecule has 0 aliphatic heterocycles. The second-order valence-corrected chi connectivity index (χ2v) is 5.79. The van der Waals surface area contributed by atoms with Gasteiger partial charge in [0.25, 0.3) is 0 Å². The van der Waals surface area contributed by atoms with Crippen LogP contribution in [0.25, 0.3) is 5.69 Å². The third-order valence-corrected chi connectivity index (χ3v) is 4.16. The SMILES string of the molecule is CC(CNCc1cnn(-c2ccccc2)n1)c1nccs1. The first-order valence-corrected chi connectivity index (χ1v) is 7.77. The zero-order chi connectivity index (χ0) is 14.5. The lowest BCUT2D eigenvalue weighted by Gasteiger charge is -2.08. The van der Waals surface area contributed by atoms with Gasteiger partial charge in [0, 0.05) is 30.6 Å². The smallest absolute Gasteiger partial charge is 0.0969 e. The fourth-order valence-corrected chi connectivity index (χ4v) is 2.74. The van der Waals surface area contributed by atoms with Crippen molar-refractivity contribution >= 4 is 11.3 Å². The van der Waals surface area contributed by atoms with Gasteiger partial charge in [-0.05, 0) is 12.1 Å². The van der Waals surface area contributed by atoms with E-state index in [1.165, 1.54) is 0 Å². The van der Waals surface area contributed by atoms with E-state index in [2.05, 4.69) is 27.4 Å². The van der Waals surface area contributed by atoms with E-state index in [0.29, 0.717) is 12.5 Å². The Morgan fingerprint density at radius 3 is 2.90 bits per heavy atom. The van der Waals surface area contributed by atoms with Gasteiger partial charge in [0.1, 0.15) is 0 Å². The Labute approximate surface area is 127 Å². The Bertz CT molecular complexity index is 662. The third kappa shape index (κ3) is 3.53. The summed E-state index contributed by atoms with van der Waals surface area (Å²) in [6, 6.07) is 9.91. The number of rotatable bonds is 6. The molecule has 1 unspecified atom stereocenters. The molecular formula is C15H17N5S. The molecule has 5 nitrogen and oxygen atoms in total. The molecule has 0 amide bonds. The second kappa shape index (κ2) is 6.60. The number of para-hydroxylation sites is 1. The first kappa shape index (κ1) is 13.9. The highest BCUT2D eigenvalue weighted by Gasteiger charge is 2.08. The van der Waals surface area contributed by atoms with Crippen LogP contribution in [-0.2, 0) is 6.54 Å². The summed E-state index contributed by atoms with van der Waals surface area (Å²) >= 11 is 1.70. The van der Waals surface area contributed by atoms with Crippen molar-refractivity contribution in [3.05, 3.63) is 58.8 Å². The number of benzene rings is 1. The molecule has 1 N–H and O–H groups in total. The Kier molecular flexibility index (Phi) is 4.37. The minimum absolute atomic E-state index is 0.411. The Hall–Kier alpha value is -2.05. The van der Waals surface area contributed by atoms with Crippen molar-refractivity contribution in [2.24, 2.45) is 0 Å². The van der Waals surface area contributed by atoms with Gasteiger partial charge in [-0.25, -0.2) is 4.98 Å². The molecular weight excluding hydrogens is 282 g/mol. The zero-order valence-electron chi connectivity index (χ0n) is 11.8. The standard InChI is InChI=1S/C15H17N5S/c1-12(15-17-7-8-21-15)9-16-10-13-11-18-20(19-13)14-5-3-2-4-6-14/h2-8,11-12,16H,9-10H2,1H3. The van der Waals surface area contributed by atoms with Gasteiger partial charge < -0.3 is 5.32 Å². The van der Waals surface area contributed by atoms with Crippen molar-refractivity contribution in [3.63, 3.8) is 0 Å². The summed E-state index contributed by atoms with van der Waals surface area (Å²) in [4.78, 5) is 5.99. The van der Waals surface area contributed by atoms with Crippen LogP contribution in [0.3, 0.4) is 0 Å². The minimum Gasteiger partial charge on any atom is -0.310 e. The molecule has 0 saturated heterocycles. The van der Waals surface area contributed by atoms with Gasteiger partial charge in [-0.15, -0.1) is 11.3 Å². The van der Waals surface area contributed by atoms with Crippen LogP contribution in [0, 0.1) is 0 Å². The van der Waals surface area contributed by atoms with Crippen molar-refractivity contribution in [1.29, 1.82) is 0 Å².